The molecule has 0 atom stereocenters. The normalized spacial score (nSPS) is 12.0. The van der Waals surface area contributed by atoms with E-state index in [-0.39, 0.29) is 0 Å². The van der Waals surface area contributed by atoms with Crippen molar-refractivity contribution < 1.29 is 0 Å². The summed E-state index contributed by atoms with van der Waals surface area (Å²) in [6.07, 6.45) is 0. The van der Waals surface area contributed by atoms with Gasteiger partial charge < -0.3 is 9.13 Å². The number of hydrogen-bond donors (Lipinski definition) is 0. The van der Waals surface area contributed by atoms with E-state index in [2.05, 4.69) is 191 Å². The lowest BCUT2D eigenvalue weighted by Crippen LogP contribution is -1.95. The molecule has 0 aliphatic carbocycles. The zero-order chi connectivity index (χ0) is 32.8. The topological polar surface area (TPSA) is 9.86 Å². The highest BCUT2D eigenvalue weighted by Crippen LogP contribution is 2.44. The molecule has 0 saturated heterocycles. The van der Waals surface area contributed by atoms with Crippen molar-refractivity contribution in [1.29, 1.82) is 0 Å². The van der Waals surface area contributed by atoms with Gasteiger partial charge in [0.2, 0.25) is 0 Å². The predicted molar refractivity (Wildman–Crippen MR) is 213 cm³/mol. The summed E-state index contributed by atoms with van der Waals surface area (Å²) in [6.45, 7) is 0. The van der Waals surface area contributed by atoms with Crippen LogP contribution in [0.1, 0.15) is 0 Å². The van der Waals surface area contributed by atoms with Gasteiger partial charge in [0, 0.05) is 32.9 Å². The molecule has 9 aromatic carbocycles. The zero-order valence-electron chi connectivity index (χ0n) is 27.2. The zero-order valence-corrected chi connectivity index (χ0v) is 27.2. The first-order valence-electron chi connectivity index (χ1n) is 17.3. The summed E-state index contributed by atoms with van der Waals surface area (Å²) in [7, 11) is 0. The maximum Gasteiger partial charge on any atom is 0.0641 e. The molecule has 0 aliphatic rings. The third-order valence-electron chi connectivity index (χ3n) is 10.7. The fourth-order valence-electron chi connectivity index (χ4n) is 8.45. The van der Waals surface area contributed by atoms with Gasteiger partial charge in [-0.3, -0.25) is 0 Å². The third-order valence-corrected chi connectivity index (χ3v) is 10.7. The van der Waals surface area contributed by atoms with Crippen LogP contribution in [0.2, 0.25) is 0 Å². The molecule has 2 nitrogen and oxygen atoms in total. The Balaban J connectivity index is 1.29. The minimum atomic E-state index is 1.16. The van der Waals surface area contributed by atoms with Gasteiger partial charge in [0.1, 0.15) is 0 Å². The number of nitrogens with zero attached hydrogens (tertiary/aromatic N) is 2. The van der Waals surface area contributed by atoms with Crippen LogP contribution in [0.4, 0.5) is 0 Å². The van der Waals surface area contributed by atoms with E-state index in [9.17, 15) is 0 Å². The van der Waals surface area contributed by atoms with Crippen LogP contribution in [0.5, 0.6) is 0 Å². The Morgan fingerprint density at radius 1 is 0.300 bits per heavy atom. The molecule has 0 radical (unpaired) electrons. The van der Waals surface area contributed by atoms with Crippen molar-refractivity contribution in [3.8, 4) is 22.5 Å². The summed E-state index contributed by atoms with van der Waals surface area (Å²) in [6, 6.07) is 66.8. The van der Waals surface area contributed by atoms with E-state index in [1.54, 1.807) is 0 Å². The second-order valence-corrected chi connectivity index (χ2v) is 13.3. The molecule has 0 N–H and O–H groups in total. The molecule has 0 spiro atoms. The van der Waals surface area contributed by atoms with Crippen molar-refractivity contribution in [2.24, 2.45) is 0 Å². The largest absolute Gasteiger partial charge is 0.309 e. The van der Waals surface area contributed by atoms with Crippen LogP contribution >= 0.6 is 0 Å². The molecule has 0 bridgehead atoms. The lowest BCUT2D eigenvalue weighted by atomic mass is 9.96. The molecule has 11 aromatic rings. The summed E-state index contributed by atoms with van der Waals surface area (Å²) in [4.78, 5) is 0. The van der Waals surface area contributed by atoms with Crippen molar-refractivity contribution in [3.63, 3.8) is 0 Å². The van der Waals surface area contributed by atoms with Crippen LogP contribution in [-0.2, 0) is 0 Å². The Hall–Kier alpha value is -6.64. The highest BCUT2D eigenvalue weighted by Gasteiger charge is 2.22. The van der Waals surface area contributed by atoms with Crippen molar-refractivity contribution in [1.82, 2.24) is 9.13 Å². The highest BCUT2D eigenvalue weighted by molar-refractivity contribution is 6.27. The van der Waals surface area contributed by atoms with E-state index in [0.29, 0.717) is 0 Å². The van der Waals surface area contributed by atoms with Crippen molar-refractivity contribution >= 4 is 75.9 Å². The lowest BCUT2D eigenvalue weighted by molar-refractivity contribution is 1.18. The van der Waals surface area contributed by atoms with Gasteiger partial charge in [-0.15, -0.1) is 0 Å². The van der Waals surface area contributed by atoms with Gasteiger partial charge >= 0.3 is 0 Å². The average molecular weight is 635 g/mol. The summed E-state index contributed by atoms with van der Waals surface area (Å²) in [5, 5.41) is 12.6. The Morgan fingerprint density at radius 3 is 1.86 bits per heavy atom. The summed E-state index contributed by atoms with van der Waals surface area (Å²) >= 11 is 0. The fraction of sp³-hybridized carbons (Fsp3) is 0. The number of hydrogen-bond acceptors (Lipinski definition) is 0. The minimum Gasteiger partial charge on any atom is -0.309 e. The molecule has 2 aromatic heterocycles. The number of rotatable bonds is 3. The molecular weight excluding hydrogens is 605 g/mol. The SMILES string of the molecule is c1ccc(-c2cccc3cc4c(cc23)c2ccc3c(c5ccccc5n3-c3ccc5ccc6ccccc6c5c3)c2n4-c2ccccc2)cc1. The van der Waals surface area contributed by atoms with E-state index in [0.717, 1.165) is 5.69 Å². The number of para-hydroxylation sites is 2. The van der Waals surface area contributed by atoms with Crippen LogP contribution in [-0.4, -0.2) is 9.13 Å². The summed E-state index contributed by atoms with van der Waals surface area (Å²) < 4.78 is 4.95. The van der Waals surface area contributed by atoms with E-state index in [4.69, 9.17) is 0 Å². The first-order chi connectivity index (χ1) is 24.8. The molecule has 2 heterocycles. The second-order valence-electron chi connectivity index (χ2n) is 13.3. The molecule has 50 heavy (non-hydrogen) atoms. The Kier molecular flexibility index (Phi) is 5.70. The smallest absolute Gasteiger partial charge is 0.0641 e. The first-order valence-corrected chi connectivity index (χ1v) is 17.3. The van der Waals surface area contributed by atoms with Crippen molar-refractivity contribution in [3.05, 3.63) is 182 Å². The Bertz CT molecular complexity index is 3130. The maximum atomic E-state index is 2.49. The van der Waals surface area contributed by atoms with Gasteiger partial charge in [-0.05, 0) is 92.0 Å². The highest BCUT2D eigenvalue weighted by atomic mass is 15.0. The van der Waals surface area contributed by atoms with Gasteiger partial charge in [0.05, 0.1) is 22.1 Å². The Morgan fingerprint density at radius 2 is 1.00 bits per heavy atom. The molecule has 0 saturated carbocycles. The Labute approximate surface area is 288 Å². The van der Waals surface area contributed by atoms with Gasteiger partial charge in [-0.1, -0.05) is 133 Å². The summed E-state index contributed by atoms with van der Waals surface area (Å²) in [5.41, 5.74) is 9.67. The van der Waals surface area contributed by atoms with E-state index < -0.39 is 0 Å². The van der Waals surface area contributed by atoms with Crippen molar-refractivity contribution in [2.75, 3.05) is 0 Å². The quantitative estimate of drug-likeness (QED) is 0.171. The average Bonchev–Trinajstić information content (AvgIpc) is 3.69. The van der Waals surface area contributed by atoms with Crippen LogP contribution in [0, 0.1) is 0 Å². The summed E-state index contributed by atoms with van der Waals surface area (Å²) in [5.74, 6) is 0. The van der Waals surface area contributed by atoms with Crippen LogP contribution < -0.4 is 0 Å². The molecular formula is C48H30N2. The van der Waals surface area contributed by atoms with E-state index >= 15 is 0 Å². The molecule has 0 unspecified atom stereocenters. The number of fused-ring (bicyclic) bond motifs is 11. The maximum absolute atomic E-state index is 2.49. The monoisotopic (exact) mass is 634 g/mol. The number of benzene rings is 9. The van der Waals surface area contributed by atoms with Crippen LogP contribution in [0.25, 0.3) is 98.4 Å². The van der Waals surface area contributed by atoms with Crippen molar-refractivity contribution in [2.45, 2.75) is 0 Å². The van der Waals surface area contributed by atoms with Crippen LogP contribution in [0.3, 0.4) is 0 Å². The standard InChI is InChI=1S/C48H30N2/c1-3-12-31(13-4-1)38-20-11-15-34-28-46-43(30-42(34)38)39-26-27-45-47(48(39)50(46)35-16-5-2-6-17-35)40-19-9-10-21-44(40)49(45)36-25-24-33-23-22-32-14-7-8-18-37(32)41(33)29-36/h1-30H. The lowest BCUT2D eigenvalue weighted by Gasteiger charge is -2.12. The molecule has 0 aliphatic heterocycles. The number of aromatic nitrogens is 2. The first kappa shape index (κ1) is 27.3. The fourth-order valence-corrected chi connectivity index (χ4v) is 8.45. The molecule has 0 amide bonds. The predicted octanol–water partition coefficient (Wildman–Crippen LogP) is 13.0. The van der Waals surface area contributed by atoms with Crippen LogP contribution in [0.15, 0.2) is 182 Å². The molecule has 0 fully saturated rings. The van der Waals surface area contributed by atoms with Gasteiger partial charge in [-0.2, -0.15) is 0 Å². The minimum absolute atomic E-state index is 1.16. The molecule has 2 heteroatoms. The third kappa shape index (κ3) is 3.85. The second kappa shape index (κ2) is 10.4. The van der Waals surface area contributed by atoms with Gasteiger partial charge in [0.25, 0.3) is 0 Å². The van der Waals surface area contributed by atoms with Gasteiger partial charge in [0.15, 0.2) is 0 Å². The van der Waals surface area contributed by atoms with E-state index in [1.165, 1.54) is 92.7 Å². The van der Waals surface area contributed by atoms with E-state index in [1.807, 2.05) is 0 Å². The molecule has 11 rings (SSSR count). The van der Waals surface area contributed by atoms with Gasteiger partial charge in [-0.25, -0.2) is 0 Å². The molecule has 232 valence electrons.